The molecule has 0 aliphatic heterocycles. The van der Waals surface area contributed by atoms with Crippen LogP contribution in [-0.2, 0) is 10.7 Å². The van der Waals surface area contributed by atoms with Crippen molar-refractivity contribution in [1.29, 1.82) is 0 Å². The summed E-state index contributed by atoms with van der Waals surface area (Å²) in [5, 5.41) is 8.29. The van der Waals surface area contributed by atoms with Crippen LogP contribution in [0.2, 0.25) is 0 Å². The third-order valence-electron chi connectivity index (χ3n) is 1.90. The zero-order chi connectivity index (χ0) is 11.6. The molecule has 0 radical (unpaired) electrons. The fraction of sp³-hybridized carbons (Fsp3) is 0.200. The number of hydrogen-bond donors (Lipinski definition) is 1. The molecule has 0 bridgehead atoms. The van der Waals surface area contributed by atoms with Crippen LogP contribution in [0.5, 0.6) is 0 Å². The molecule has 0 saturated carbocycles. The van der Waals surface area contributed by atoms with E-state index >= 15 is 0 Å². The SMILES string of the molecule is CC(=O)c1cccc(C(F)(F)C(=O)O)c1. The Hall–Kier alpha value is -1.78. The van der Waals surface area contributed by atoms with Gasteiger partial charge in [0, 0.05) is 11.1 Å². The van der Waals surface area contributed by atoms with Crippen molar-refractivity contribution in [2.45, 2.75) is 12.8 Å². The van der Waals surface area contributed by atoms with Crippen molar-refractivity contribution in [3.8, 4) is 0 Å². The molecule has 0 aliphatic carbocycles. The Balaban J connectivity index is 3.21. The number of Topliss-reactive ketones (excluding diaryl/α,β-unsaturated/α-hetero) is 1. The highest BCUT2D eigenvalue weighted by Crippen LogP contribution is 2.28. The van der Waals surface area contributed by atoms with Crippen LogP contribution in [0.1, 0.15) is 22.8 Å². The van der Waals surface area contributed by atoms with Gasteiger partial charge in [0.05, 0.1) is 0 Å². The average Bonchev–Trinajstić information content (AvgIpc) is 2.17. The van der Waals surface area contributed by atoms with E-state index in [4.69, 9.17) is 5.11 Å². The number of hydrogen-bond acceptors (Lipinski definition) is 2. The topological polar surface area (TPSA) is 54.4 Å². The molecule has 0 heterocycles. The maximum Gasteiger partial charge on any atom is 0.379 e. The number of carboxylic acid groups (broad SMARTS) is 1. The number of carboxylic acids is 1. The molecule has 80 valence electrons. The van der Waals surface area contributed by atoms with Gasteiger partial charge in [0.2, 0.25) is 0 Å². The van der Waals surface area contributed by atoms with Crippen LogP contribution in [-0.4, -0.2) is 16.9 Å². The van der Waals surface area contributed by atoms with Gasteiger partial charge in [-0.05, 0) is 13.0 Å². The van der Waals surface area contributed by atoms with Gasteiger partial charge in [-0.15, -0.1) is 0 Å². The largest absolute Gasteiger partial charge is 0.477 e. The summed E-state index contributed by atoms with van der Waals surface area (Å²) in [6.07, 6.45) is 0. The molecule has 1 rings (SSSR count). The first-order chi connectivity index (χ1) is 6.85. The van der Waals surface area contributed by atoms with Gasteiger partial charge >= 0.3 is 11.9 Å². The summed E-state index contributed by atoms with van der Waals surface area (Å²) in [7, 11) is 0. The number of benzene rings is 1. The van der Waals surface area contributed by atoms with Crippen LogP contribution in [0, 0.1) is 0 Å². The highest BCUT2D eigenvalue weighted by atomic mass is 19.3. The molecule has 0 aromatic heterocycles. The zero-order valence-electron chi connectivity index (χ0n) is 7.83. The molecule has 0 saturated heterocycles. The summed E-state index contributed by atoms with van der Waals surface area (Å²) in [5.41, 5.74) is -0.629. The number of ketones is 1. The van der Waals surface area contributed by atoms with E-state index in [2.05, 4.69) is 0 Å². The van der Waals surface area contributed by atoms with Crippen LogP contribution in [0.15, 0.2) is 24.3 Å². The van der Waals surface area contributed by atoms with Gasteiger partial charge in [-0.1, -0.05) is 18.2 Å². The normalized spacial score (nSPS) is 11.1. The zero-order valence-corrected chi connectivity index (χ0v) is 7.83. The lowest BCUT2D eigenvalue weighted by molar-refractivity contribution is -0.166. The van der Waals surface area contributed by atoms with Gasteiger partial charge < -0.3 is 5.11 Å². The molecule has 15 heavy (non-hydrogen) atoms. The van der Waals surface area contributed by atoms with Crippen LogP contribution in [0.4, 0.5) is 8.78 Å². The van der Waals surface area contributed by atoms with Crippen molar-refractivity contribution in [1.82, 2.24) is 0 Å². The standard InChI is InChI=1S/C10H8F2O3/c1-6(13)7-3-2-4-8(5-7)10(11,12)9(14)15/h2-5H,1H3,(H,14,15). The molecule has 0 fully saturated rings. The minimum absolute atomic E-state index is 0.0634. The first kappa shape index (κ1) is 11.3. The predicted octanol–water partition coefficient (Wildman–Crippen LogP) is 2.07. The molecule has 0 atom stereocenters. The molecule has 3 nitrogen and oxygen atoms in total. The molecule has 1 aromatic rings. The first-order valence-electron chi connectivity index (χ1n) is 4.08. The Labute approximate surface area is 84.3 Å². The van der Waals surface area contributed by atoms with Crippen LogP contribution in [0.25, 0.3) is 0 Å². The van der Waals surface area contributed by atoms with E-state index in [1.54, 1.807) is 0 Å². The van der Waals surface area contributed by atoms with Crippen molar-refractivity contribution in [3.05, 3.63) is 35.4 Å². The number of aliphatic carboxylic acids is 1. The maximum absolute atomic E-state index is 13.0. The fourth-order valence-corrected chi connectivity index (χ4v) is 1.06. The van der Waals surface area contributed by atoms with Crippen LogP contribution in [0.3, 0.4) is 0 Å². The third kappa shape index (κ3) is 2.18. The number of carbonyl (C=O) groups excluding carboxylic acids is 1. The molecule has 1 N–H and O–H groups in total. The van der Waals surface area contributed by atoms with E-state index in [1.165, 1.54) is 19.1 Å². The minimum atomic E-state index is -3.97. The second-order valence-corrected chi connectivity index (χ2v) is 3.02. The Morgan fingerprint density at radius 3 is 2.40 bits per heavy atom. The number of halogens is 2. The lowest BCUT2D eigenvalue weighted by atomic mass is 10.0. The van der Waals surface area contributed by atoms with Gasteiger partial charge in [0.15, 0.2) is 5.78 Å². The summed E-state index contributed by atoms with van der Waals surface area (Å²) in [5.74, 6) is -6.59. The van der Waals surface area contributed by atoms with E-state index in [0.717, 1.165) is 12.1 Å². The van der Waals surface area contributed by atoms with Gasteiger partial charge in [0.1, 0.15) is 0 Å². The number of rotatable bonds is 3. The molecular weight excluding hydrogens is 206 g/mol. The van der Waals surface area contributed by atoms with Crippen molar-refractivity contribution in [2.24, 2.45) is 0 Å². The Morgan fingerprint density at radius 1 is 1.33 bits per heavy atom. The van der Waals surface area contributed by atoms with E-state index in [0.29, 0.717) is 0 Å². The second-order valence-electron chi connectivity index (χ2n) is 3.02. The lowest BCUT2D eigenvalue weighted by Gasteiger charge is -2.11. The van der Waals surface area contributed by atoms with E-state index in [1.807, 2.05) is 0 Å². The summed E-state index contributed by atoms with van der Waals surface area (Å²) in [6, 6.07) is 4.43. The van der Waals surface area contributed by atoms with E-state index in [9.17, 15) is 18.4 Å². The van der Waals surface area contributed by atoms with Crippen molar-refractivity contribution >= 4 is 11.8 Å². The Morgan fingerprint density at radius 2 is 1.93 bits per heavy atom. The molecule has 0 amide bonds. The monoisotopic (exact) mass is 214 g/mol. The van der Waals surface area contributed by atoms with Crippen molar-refractivity contribution in [3.63, 3.8) is 0 Å². The Bertz CT molecular complexity index is 413. The molecule has 1 aromatic carbocycles. The van der Waals surface area contributed by atoms with Crippen molar-refractivity contribution < 1.29 is 23.5 Å². The van der Waals surface area contributed by atoms with E-state index in [-0.39, 0.29) is 5.56 Å². The molecular formula is C10H8F2O3. The molecule has 0 spiro atoms. The minimum Gasteiger partial charge on any atom is -0.477 e. The smallest absolute Gasteiger partial charge is 0.379 e. The number of alkyl halides is 2. The second kappa shape index (κ2) is 3.76. The summed E-state index contributed by atoms with van der Waals surface area (Å²) >= 11 is 0. The quantitative estimate of drug-likeness (QED) is 0.783. The van der Waals surface area contributed by atoms with E-state index < -0.39 is 23.2 Å². The molecule has 0 aliphatic rings. The molecule has 0 unspecified atom stereocenters. The highest BCUT2D eigenvalue weighted by molar-refractivity contribution is 5.94. The van der Waals surface area contributed by atoms with Gasteiger partial charge in [-0.3, -0.25) is 4.79 Å². The fourth-order valence-electron chi connectivity index (χ4n) is 1.06. The number of carbonyl (C=O) groups is 2. The molecule has 5 heteroatoms. The van der Waals surface area contributed by atoms with Gasteiger partial charge in [-0.25, -0.2) is 4.79 Å². The average molecular weight is 214 g/mol. The summed E-state index contributed by atoms with van der Waals surface area (Å²) in [6.45, 7) is 1.22. The predicted molar refractivity (Wildman–Crippen MR) is 48.0 cm³/mol. The van der Waals surface area contributed by atoms with Crippen LogP contribution < -0.4 is 0 Å². The van der Waals surface area contributed by atoms with Gasteiger partial charge in [-0.2, -0.15) is 8.78 Å². The first-order valence-corrected chi connectivity index (χ1v) is 4.08. The highest BCUT2D eigenvalue weighted by Gasteiger charge is 2.41. The van der Waals surface area contributed by atoms with Crippen molar-refractivity contribution in [2.75, 3.05) is 0 Å². The maximum atomic E-state index is 13.0. The summed E-state index contributed by atoms with van der Waals surface area (Å²) < 4.78 is 26.0. The third-order valence-corrected chi connectivity index (χ3v) is 1.90. The summed E-state index contributed by atoms with van der Waals surface area (Å²) in [4.78, 5) is 21.2. The van der Waals surface area contributed by atoms with Crippen LogP contribution >= 0.6 is 0 Å². The lowest BCUT2D eigenvalue weighted by Crippen LogP contribution is -2.25. The van der Waals surface area contributed by atoms with Gasteiger partial charge in [0.25, 0.3) is 0 Å². The Kier molecular flexibility index (Phi) is 2.83.